The number of imidazole rings is 1. The Morgan fingerprint density at radius 1 is 1.10 bits per heavy atom. The number of fused-ring (bicyclic) bond motifs is 1. The summed E-state index contributed by atoms with van der Waals surface area (Å²) in [6.45, 7) is 4.19. The van der Waals surface area contributed by atoms with Crippen LogP contribution in [0.3, 0.4) is 0 Å². The topological polar surface area (TPSA) is 43.8 Å². The van der Waals surface area contributed by atoms with Crippen LogP contribution in [0.2, 0.25) is 0 Å². The van der Waals surface area contributed by atoms with E-state index in [1.807, 2.05) is 18.2 Å². The minimum Gasteiger partial charge on any atom is -0.397 e. The van der Waals surface area contributed by atoms with Gasteiger partial charge in [-0.2, -0.15) is 0 Å². The standard InChI is InChI=1S/C16H16FN3/c1-10(2)20-14-5-3-4-13(18)15(14)19-16(20)11-6-8-12(17)9-7-11/h3-10H,18H2,1-2H3. The number of halogens is 1. The van der Waals surface area contributed by atoms with Gasteiger partial charge in [-0.25, -0.2) is 9.37 Å². The number of rotatable bonds is 2. The van der Waals surface area contributed by atoms with Crippen LogP contribution in [0.1, 0.15) is 19.9 Å². The minimum absolute atomic E-state index is 0.238. The number of aromatic nitrogens is 2. The van der Waals surface area contributed by atoms with E-state index >= 15 is 0 Å². The van der Waals surface area contributed by atoms with Crippen LogP contribution in [0.25, 0.3) is 22.4 Å². The van der Waals surface area contributed by atoms with E-state index in [0.29, 0.717) is 5.69 Å². The van der Waals surface area contributed by atoms with E-state index in [4.69, 9.17) is 5.73 Å². The molecule has 2 aromatic carbocycles. The van der Waals surface area contributed by atoms with Crippen molar-refractivity contribution in [1.29, 1.82) is 0 Å². The van der Waals surface area contributed by atoms with Crippen molar-refractivity contribution in [2.45, 2.75) is 19.9 Å². The predicted octanol–water partition coefficient (Wildman–Crippen LogP) is 4.01. The average Bonchev–Trinajstić information content (AvgIpc) is 2.80. The molecule has 0 bridgehead atoms. The highest BCUT2D eigenvalue weighted by atomic mass is 19.1. The molecule has 0 radical (unpaired) electrons. The highest BCUT2D eigenvalue weighted by Gasteiger charge is 2.16. The van der Waals surface area contributed by atoms with E-state index < -0.39 is 0 Å². The number of benzene rings is 2. The average molecular weight is 269 g/mol. The quantitative estimate of drug-likeness (QED) is 0.714. The first-order chi connectivity index (χ1) is 9.58. The lowest BCUT2D eigenvalue weighted by atomic mass is 10.2. The number of nitrogen functional groups attached to an aromatic ring is 1. The fraction of sp³-hybridized carbons (Fsp3) is 0.188. The molecular formula is C16H16FN3. The van der Waals surface area contributed by atoms with Crippen molar-refractivity contribution < 1.29 is 4.39 Å². The molecular weight excluding hydrogens is 253 g/mol. The van der Waals surface area contributed by atoms with Gasteiger partial charge in [-0.1, -0.05) is 6.07 Å². The Labute approximate surface area is 116 Å². The van der Waals surface area contributed by atoms with Crippen LogP contribution in [0, 0.1) is 5.82 Å². The Hall–Kier alpha value is -2.36. The van der Waals surface area contributed by atoms with Gasteiger partial charge in [0.2, 0.25) is 0 Å². The maximum atomic E-state index is 13.1. The van der Waals surface area contributed by atoms with Gasteiger partial charge in [0.1, 0.15) is 17.2 Å². The molecule has 2 N–H and O–H groups in total. The summed E-state index contributed by atoms with van der Waals surface area (Å²) in [5, 5.41) is 0. The van der Waals surface area contributed by atoms with Crippen molar-refractivity contribution in [1.82, 2.24) is 9.55 Å². The molecule has 102 valence electrons. The molecule has 3 nitrogen and oxygen atoms in total. The van der Waals surface area contributed by atoms with Gasteiger partial charge in [-0.3, -0.25) is 0 Å². The Morgan fingerprint density at radius 2 is 1.80 bits per heavy atom. The fourth-order valence-corrected chi connectivity index (χ4v) is 2.46. The summed E-state index contributed by atoms with van der Waals surface area (Å²) in [5.41, 5.74) is 9.34. The summed E-state index contributed by atoms with van der Waals surface area (Å²) in [7, 11) is 0. The maximum Gasteiger partial charge on any atom is 0.141 e. The largest absolute Gasteiger partial charge is 0.397 e. The van der Waals surface area contributed by atoms with Gasteiger partial charge in [0.15, 0.2) is 0 Å². The fourth-order valence-electron chi connectivity index (χ4n) is 2.46. The molecule has 0 fully saturated rings. The first kappa shape index (κ1) is 12.7. The van der Waals surface area contributed by atoms with Crippen molar-refractivity contribution in [2.75, 3.05) is 5.73 Å². The molecule has 1 aromatic heterocycles. The van der Waals surface area contributed by atoms with Crippen LogP contribution in [0.15, 0.2) is 42.5 Å². The zero-order valence-electron chi connectivity index (χ0n) is 11.5. The van der Waals surface area contributed by atoms with Crippen LogP contribution in [0.4, 0.5) is 10.1 Å². The van der Waals surface area contributed by atoms with E-state index in [9.17, 15) is 4.39 Å². The predicted molar refractivity (Wildman–Crippen MR) is 79.9 cm³/mol. The van der Waals surface area contributed by atoms with Crippen molar-refractivity contribution >= 4 is 16.7 Å². The van der Waals surface area contributed by atoms with E-state index in [1.54, 1.807) is 12.1 Å². The third-order valence-corrected chi connectivity index (χ3v) is 3.37. The highest BCUT2D eigenvalue weighted by molar-refractivity contribution is 5.90. The van der Waals surface area contributed by atoms with Gasteiger partial charge in [-0.05, 0) is 50.2 Å². The summed E-state index contributed by atoms with van der Waals surface area (Å²) in [6, 6.07) is 12.4. The maximum absolute atomic E-state index is 13.1. The lowest BCUT2D eigenvalue weighted by Gasteiger charge is -2.13. The third kappa shape index (κ3) is 1.93. The molecule has 0 amide bonds. The summed E-state index contributed by atoms with van der Waals surface area (Å²) in [6.07, 6.45) is 0. The summed E-state index contributed by atoms with van der Waals surface area (Å²) < 4.78 is 15.2. The molecule has 1 heterocycles. The lowest BCUT2D eigenvalue weighted by molar-refractivity contribution is 0.621. The second-order valence-electron chi connectivity index (χ2n) is 5.12. The molecule has 0 saturated carbocycles. The van der Waals surface area contributed by atoms with Gasteiger partial charge < -0.3 is 10.3 Å². The molecule has 0 unspecified atom stereocenters. The molecule has 0 spiro atoms. The van der Waals surface area contributed by atoms with Crippen molar-refractivity contribution in [3.05, 3.63) is 48.3 Å². The molecule has 0 aliphatic heterocycles. The number of hydrogen-bond donors (Lipinski definition) is 1. The van der Waals surface area contributed by atoms with Crippen LogP contribution >= 0.6 is 0 Å². The van der Waals surface area contributed by atoms with Crippen LogP contribution < -0.4 is 5.73 Å². The third-order valence-electron chi connectivity index (χ3n) is 3.37. The summed E-state index contributed by atoms with van der Waals surface area (Å²) >= 11 is 0. The molecule has 20 heavy (non-hydrogen) atoms. The Kier molecular flexibility index (Phi) is 2.93. The molecule has 4 heteroatoms. The van der Waals surface area contributed by atoms with Crippen molar-refractivity contribution in [3.63, 3.8) is 0 Å². The molecule has 0 saturated heterocycles. The number of para-hydroxylation sites is 1. The smallest absolute Gasteiger partial charge is 0.141 e. The summed E-state index contributed by atoms with van der Waals surface area (Å²) in [5.74, 6) is 0.563. The van der Waals surface area contributed by atoms with Crippen LogP contribution in [-0.2, 0) is 0 Å². The van der Waals surface area contributed by atoms with E-state index in [0.717, 1.165) is 22.4 Å². The number of hydrogen-bond acceptors (Lipinski definition) is 2. The SMILES string of the molecule is CC(C)n1c(-c2ccc(F)cc2)nc2c(N)cccc21. The van der Waals surface area contributed by atoms with E-state index in [1.165, 1.54) is 12.1 Å². The van der Waals surface area contributed by atoms with Crippen LogP contribution in [-0.4, -0.2) is 9.55 Å². The van der Waals surface area contributed by atoms with E-state index in [2.05, 4.69) is 23.4 Å². The molecule has 0 aliphatic rings. The van der Waals surface area contributed by atoms with Crippen molar-refractivity contribution in [2.24, 2.45) is 0 Å². The van der Waals surface area contributed by atoms with Crippen molar-refractivity contribution in [3.8, 4) is 11.4 Å². The molecule has 0 atom stereocenters. The van der Waals surface area contributed by atoms with Gasteiger partial charge in [-0.15, -0.1) is 0 Å². The zero-order valence-corrected chi connectivity index (χ0v) is 11.5. The Balaban J connectivity index is 2.32. The van der Waals surface area contributed by atoms with Crippen LogP contribution in [0.5, 0.6) is 0 Å². The van der Waals surface area contributed by atoms with Gasteiger partial charge in [0, 0.05) is 11.6 Å². The van der Waals surface area contributed by atoms with E-state index in [-0.39, 0.29) is 11.9 Å². The minimum atomic E-state index is -0.250. The second-order valence-corrected chi connectivity index (χ2v) is 5.12. The first-order valence-electron chi connectivity index (χ1n) is 6.60. The Bertz CT molecular complexity index is 757. The molecule has 3 aromatic rings. The number of nitrogens with zero attached hydrogens (tertiary/aromatic N) is 2. The van der Waals surface area contributed by atoms with Gasteiger partial charge in [0.25, 0.3) is 0 Å². The monoisotopic (exact) mass is 269 g/mol. The second kappa shape index (κ2) is 4.63. The zero-order chi connectivity index (χ0) is 14.3. The normalized spacial score (nSPS) is 11.4. The number of nitrogens with two attached hydrogens (primary N) is 1. The number of anilines is 1. The lowest BCUT2D eigenvalue weighted by Crippen LogP contribution is -2.03. The van der Waals surface area contributed by atoms with Gasteiger partial charge in [0.05, 0.1) is 11.2 Å². The Morgan fingerprint density at radius 3 is 2.45 bits per heavy atom. The highest BCUT2D eigenvalue weighted by Crippen LogP contribution is 2.30. The first-order valence-corrected chi connectivity index (χ1v) is 6.60. The molecule has 3 rings (SSSR count). The van der Waals surface area contributed by atoms with Gasteiger partial charge >= 0.3 is 0 Å². The summed E-state index contributed by atoms with van der Waals surface area (Å²) in [4.78, 5) is 4.65. The molecule has 0 aliphatic carbocycles.